The molecule has 0 saturated heterocycles. The van der Waals surface area contributed by atoms with E-state index >= 15 is 0 Å². The molecule has 0 saturated carbocycles. The zero-order chi connectivity index (χ0) is 13.2. The van der Waals surface area contributed by atoms with Crippen molar-refractivity contribution in [2.45, 2.75) is 0 Å². The van der Waals surface area contributed by atoms with Crippen LogP contribution in [0.25, 0.3) is 22.2 Å². The van der Waals surface area contributed by atoms with Crippen molar-refractivity contribution in [2.24, 2.45) is 0 Å². The standard InChI is InChI=1S/C15H9N3O/c16-9-12-13(10-5-2-1-3-6-10)18-15(19)11-7-4-8-17-14(11)12/h1-8H,(H,18,19). The Morgan fingerprint density at radius 3 is 2.63 bits per heavy atom. The lowest BCUT2D eigenvalue weighted by atomic mass is 10.0. The molecule has 1 N–H and O–H groups in total. The summed E-state index contributed by atoms with van der Waals surface area (Å²) in [5.74, 6) is 0. The van der Waals surface area contributed by atoms with E-state index in [9.17, 15) is 10.1 Å². The van der Waals surface area contributed by atoms with Gasteiger partial charge in [0.05, 0.1) is 16.6 Å². The second kappa shape index (κ2) is 4.39. The lowest BCUT2D eigenvalue weighted by molar-refractivity contribution is 1.24. The highest BCUT2D eigenvalue weighted by molar-refractivity contribution is 5.88. The molecule has 0 amide bonds. The van der Waals surface area contributed by atoms with Gasteiger partial charge in [0.2, 0.25) is 0 Å². The van der Waals surface area contributed by atoms with Crippen LogP contribution in [0.5, 0.6) is 0 Å². The number of fused-ring (bicyclic) bond motifs is 1. The molecule has 2 heterocycles. The van der Waals surface area contributed by atoms with Gasteiger partial charge in [-0.05, 0) is 17.7 Å². The number of nitriles is 1. The number of hydrogen-bond acceptors (Lipinski definition) is 3. The van der Waals surface area contributed by atoms with Gasteiger partial charge in [-0.1, -0.05) is 30.3 Å². The summed E-state index contributed by atoms with van der Waals surface area (Å²) in [5, 5.41) is 9.79. The van der Waals surface area contributed by atoms with Crippen LogP contribution in [0.3, 0.4) is 0 Å². The van der Waals surface area contributed by atoms with Crippen molar-refractivity contribution in [3.05, 3.63) is 64.6 Å². The van der Waals surface area contributed by atoms with E-state index in [1.807, 2.05) is 30.3 Å². The summed E-state index contributed by atoms with van der Waals surface area (Å²) in [4.78, 5) is 19.0. The van der Waals surface area contributed by atoms with Crippen molar-refractivity contribution in [3.63, 3.8) is 0 Å². The van der Waals surface area contributed by atoms with Crippen LogP contribution in [0.4, 0.5) is 0 Å². The van der Waals surface area contributed by atoms with Crippen molar-refractivity contribution in [3.8, 4) is 17.3 Å². The fourth-order valence-electron chi connectivity index (χ4n) is 2.08. The zero-order valence-corrected chi connectivity index (χ0v) is 9.92. The van der Waals surface area contributed by atoms with Gasteiger partial charge in [0.1, 0.15) is 11.6 Å². The van der Waals surface area contributed by atoms with E-state index in [4.69, 9.17) is 0 Å². The zero-order valence-electron chi connectivity index (χ0n) is 9.92. The quantitative estimate of drug-likeness (QED) is 0.718. The van der Waals surface area contributed by atoms with Crippen LogP contribution in [0.15, 0.2) is 53.5 Å². The SMILES string of the molecule is N#Cc1c(-c2ccccc2)[nH]c(=O)c2cccnc12. The molecular formula is C15H9N3O. The van der Waals surface area contributed by atoms with Crippen LogP contribution < -0.4 is 5.56 Å². The monoisotopic (exact) mass is 247 g/mol. The van der Waals surface area contributed by atoms with E-state index in [1.165, 1.54) is 0 Å². The number of aromatic amines is 1. The average molecular weight is 247 g/mol. The molecule has 0 aliphatic heterocycles. The van der Waals surface area contributed by atoms with E-state index in [0.717, 1.165) is 5.56 Å². The number of pyridine rings is 2. The lowest BCUT2D eigenvalue weighted by Gasteiger charge is -2.06. The minimum Gasteiger partial charge on any atom is -0.320 e. The summed E-state index contributed by atoms with van der Waals surface area (Å²) >= 11 is 0. The summed E-state index contributed by atoms with van der Waals surface area (Å²) < 4.78 is 0. The van der Waals surface area contributed by atoms with Gasteiger partial charge in [0.15, 0.2) is 0 Å². The number of nitrogens with one attached hydrogen (secondary N) is 1. The second-order valence-electron chi connectivity index (χ2n) is 4.08. The van der Waals surface area contributed by atoms with Crippen molar-refractivity contribution in [1.82, 2.24) is 9.97 Å². The predicted octanol–water partition coefficient (Wildman–Crippen LogP) is 2.46. The molecule has 0 aliphatic carbocycles. The van der Waals surface area contributed by atoms with Crippen LogP contribution in [0.2, 0.25) is 0 Å². The molecule has 0 radical (unpaired) electrons. The summed E-state index contributed by atoms with van der Waals surface area (Å²) in [7, 11) is 0. The Morgan fingerprint density at radius 2 is 1.89 bits per heavy atom. The van der Waals surface area contributed by atoms with Gasteiger partial charge in [-0.2, -0.15) is 5.26 Å². The molecule has 0 spiro atoms. The topological polar surface area (TPSA) is 69.5 Å². The summed E-state index contributed by atoms with van der Waals surface area (Å²) in [5.41, 5.74) is 1.90. The maximum atomic E-state index is 12.0. The smallest absolute Gasteiger partial charge is 0.257 e. The summed E-state index contributed by atoms with van der Waals surface area (Å²) in [6.45, 7) is 0. The normalized spacial score (nSPS) is 10.3. The van der Waals surface area contributed by atoms with Gasteiger partial charge in [-0.25, -0.2) is 0 Å². The van der Waals surface area contributed by atoms with E-state index < -0.39 is 0 Å². The van der Waals surface area contributed by atoms with Crippen molar-refractivity contribution in [2.75, 3.05) is 0 Å². The van der Waals surface area contributed by atoms with Crippen LogP contribution >= 0.6 is 0 Å². The van der Waals surface area contributed by atoms with E-state index in [1.54, 1.807) is 18.3 Å². The highest BCUT2D eigenvalue weighted by atomic mass is 16.1. The molecule has 4 heteroatoms. The first-order chi connectivity index (χ1) is 9.31. The summed E-state index contributed by atoms with van der Waals surface area (Å²) in [6, 6.07) is 14.8. The van der Waals surface area contributed by atoms with Gasteiger partial charge in [-0.3, -0.25) is 9.78 Å². The number of H-pyrrole nitrogens is 1. The molecule has 3 rings (SSSR count). The van der Waals surface area contributed by atoms with E-state index in [2.05, 4.69) is 16.0 Å². The Hall–Kier alpha value is -2.93. The molecule has 4 nitrogen and oxygen atoms in total. The van der Waals surface area contributed by atoms with Gasteiger partial charge < -0.3 is 4.98 Å². The van der Waals surface area contributed by atoms with Crippen LogP contribution in [0, 0.1) is 11.3 Å². The van der Waals surface area contributed by atoms with Gasteiger partial charge >= 0.3 is 0 Å². The fraction of sp³-hybridized carbons (Fsp3) is 0. The molecule has 0 fully saturated rings. The van der Waals surface area contributed by atoms with Gasteiger partial charge in [0, 0.05) is 6.20 Å². The van der Waals surface area contributed by atoms with Crippen molar-refractivity contribution in [1.29, 1.82) is 5.26 Å². The second-order valence-corrected chi connectivity index (χ2v) is 4.08. The van der Waals surface area contributed by atoms with Crippen LogP contribution in [0.1, 0.15) is 5.56 Å². The van der Waals surface area contributed by atoms with Crippen molar-refractivity contribution >= 4 is 10.9 Å². The maximum absolute atomic E-state index is 12.0. The highest BCUT2D eigenvalue weighted by Crippen LogP contribution is 2.23. The van der Waals surface area contributed by atoms with Gasteiger partial charge in [0.25, 0.3) is 5.56 Å². The lowest BCUT2D eigenvalue weighted by Crippen LogP contribution is -2.10. The Morgan fingerprint density at radius 1 is 1.11 bits per heavy atom. The summed E-state index contributed by atoms with van der Waals surface area (Å²) in [6.07, 6.45) is 1.58. The molecule has 2 aromatic heterocycles. The van der Waals surface area contributed by atoms with Crippen molar-refractivity contribution < 1.29 is 0 Å². The third-order valence-electron chi connectivity index (χ3n) is 2.95. The molecule has 19 heavy (non-hydrogen) atoms. The number of aromatic nitrogens is 2. The molecule has 3 aromatic rings. The molecule has 90 valence electrons. The molecule has 0 unspecified atom stereocenters. The molecule has 0 aliphatic rings. The first-order valence-corrected chi connectivity index (χ1v) is 5.78. The Kier molecular flexibility index (Phi) is 2.58. The largest absolute Gasteiger partial charge is 0.320 e. The predicted molar refractivity (Wildman–Crippen MR) is 72.5 cm³/mol. The molecule has 0 atom stereocenters. The maximum Gasteiger partial charge on any atom is 0.257 e. The minimum atomic E-state index is -0.235. The average Bonchev–Trinajstić information content (AvgIpc) is 2.48. The first kappa shape index (κ1) is 11.2. The van der Waals surface area contributed by atoms with Crippen LogP contribution in [-0.2, 0) is 0 Å². The van der Waals surface area contributed by atoms with Gasteiger partial charge in [-0.15, -0.1) is 0 Å². The molecular weight excluding hydrogens is 238 g/mol. The van der Waals surface area contributed by atoms with E-state index in [0.29, 0.717) is 22.2 Å². The number of hydrogen-bond donors (Lipinski definition) is 1. The third kappa shape index (κ3) is 1.78. The molecule has 1 aromatic carbocycles. The fourth-order valence-corrected chi connectivity index (χ4v) is 2.08. The van der Waals surface area contributed by atoms with E-state index in [-0.39, 0.29) is 5.56 Å². The minimum absolute atomic E-state index is 0.235. The molecule has 0 bridgehead atoms. The Bertz CT molecular complexity index is 845. The number of benzene rings is 1. The van der Waals surface area contributed by atoms with Crippen LogP contribution in [-0.4, -0.2) is 9.97 Å². The first-order valence-electron chi connectivity index (χ1n) is 5.78. The Balaban J connectivity index is 2.45. The Labute approximate surface area is 109 Å². The number of nitrogens with zero attached hydrogens (tertiary/aromatic N) is 2. The number of rotatable bonds is 1. The highest BCUT2D eigenvalue weighted by Gasteiger charge is 2.13. The third-order valence-corrected chi connectivity index (χ3v) is 2.95.